The van der Waals surface area contributed by atoms with E-state index in [-0.39, 0.29) is 12.7 Å². The van der Waals surface area contributed by atoms with Gasteiger partial charge in [0.25, 0.3) is 0 Å². The minimum atomic E-state index is 0.100. The Balaban J connectivity index is 2.51. The molecule has 0 aliphatic heterocycles. The summed E-state index contributed by atoms with van der Waals surface area (Å²) in [6.45, 7) is 7.25. The van der Waals surface area contributed by atoms with Crippen molar-refractivity contribution < 1.29 is 14.6 Å². The Bertz CT molecular complexity index is 441. The fraction of sp³-hybridized carbons (Fsp3) is 0.500. The zero-order valence-corrected chi connectivity index (χ0v) is 11.9. The number of ether oxygens (including phenoxy) is 2. The number of aliphatic hydroxyl groups excluding tert-OH is 1. The minimum absolute atomic E-state index is 0.100. The van der Waals surface area contributed by atoms with Crippen LogP contribution in [-0.2, 0) is 4.74 Å². The number of hydrogen-bond donors (Lipinski definition) is 1. The van der Waals surface area contributed by atoms with Gasteiger partial charge in [-0.3, -0.25) is 0 Å². The third-order valence-electron chi connectivity index (χ3n) is 2.44. The maximum atomic E-state index is 8.67. The average Bonchev–Trinajstić information content (AvgIpc) is 2.36. The largest absolute Gasteiger partial charge is 0.491 e. The van der Waals surface area contributed by atoms with Crippen LogP contribution in [0.1, 0.15) is 31.4 Å². The molecule has 0 aliphatic carbocycles. The SMILES string of the molecule is Cc1cc(C#CCCO)ccc1OCCOC(C)C. The second kappa shape index (κ2) is 8.58. The Morgan fingerprint density at radius 1 is 1.26 bits per heavy atom. The molecule has 3 nitrogen and oxygen atoms in total. The average molecular weight is 262 g/mol. The Morgan fingerprint density at radius 3 is 2.68 bits per heavy atom. The molecule has 0 aliphatic rings. The fourth-order valence-electron chi connectivity index (χ4n) is 1.55. The fourth-order valence-corrected chi connectivity index (χ4v) is 1.55. The van der Waals surface area contributed by atoms with Crippen molar-refractivity contribution in [3.05, 3.63) is 29.3 Å². The molecular weight excluding hydrogens is 240 g/mol. The van der Waals surface area contributed by atoms with Gasteiger partial charge in [-0.25, -0.2) is 0 Å². The van der Waals surface area contributed by atoms with E-state index in [1.54, 1.807) is 0 Å². The molecular formula is C16H22O3. The van der Waals surface area contributed by atoms with Gasteiger partial charge < -0.3 is 14.6 Å². The van der Waals surface area contributed by atoms with E-state index in [1.165, 1.54) is 0 Å². The predicted molar refractivity (Wildman–Crippen MR) is 76.3 cm³/mol. The van der Waals surface area contributed by atoms with E-state index in [4.69, 9.17) is 14.6 Å². The monoisotopic (exact) mass is 262 g/mol. The van der Waals surface area contributed by atoms with Gasteiger partial charge in [-0.2, -0.15) is 0 Å². The molecule has 0 spiro atoms. The maximum absolute atomic E-state index is 8.67. The molecule has 0 atom stereocenters. The van der Waals surface area contributed by atoms with E-state index in [0.29, 0.717) is 19.6 Å². The van der Waals surface area contributed by atoms with Crippen LogP contribution < -0.4 is 4.74 Å². The Hall–Kier alpha value is -1.50. The van der Waals surface area contributed by atoms with Crippen molar-refractivity contribution in [2.24, 2.45) is 0 Å². The first-order valence-corrected chi connectivity index (χ1v) is 6.58. The van der Waals surface area contributed by atoms with Gasteiger partial charge in [0.2, 0.25) is 0 Å². The van der Waals surface area contributed by atoms with E-state index in [1.807, 2.05) is 39.0 Å². The van der Waals surface area contributed by atoms with Crippen LogP contribution in [0.15, 0.2) is 18.2 Å². The van der Waals surface area contributed by atoms with Crippen LogP contribution in [0.3, 0.4) is 0 Å². The lowest BCUT2D eigenvalue weighted by atomic mass is 10.1. The summed E-state index contributed by atoms with van der Waals surface area (Å²) in [5.41, 5.74) is 2.00. The van der Waals surface area contributed by atoms with E-state index in [9.17, 15) is 0 Å². The third kappa shape index (κ3) is 6.28. The van der Waals surface area contributed by atoms with Crippen LogP contribution in [0.2, 0.25) is 0 Å². The van der Waals surface area contributed by atoms with Gasteiger partial charge >= 0.3 is 0 Å². The minimum Gasteiger partial charge on any atom is -0.491 e. The summed E-state index contributed by atoms with van der Waals surface area (Å²) in [7, 11) is 0. The van der Waals surface area contributed by atoms with Crippen molar-refractivity contribution in [3.63, 3.8) is 0 Å². The van der Waals surface area contributed by atoms with Crippen molar-refractivity contribution in [1.82, 2.24) is 0 Å². The highest BCUT2D eigenvalue weighted by Crippen LogP contribution is 2.18. The van der Waals surface area contributed by atoms with Crippen molar-refractivity contribution in [1.29, 1.82) is 0 Å². The van der Waals surface area contributed by atoms with Crippen LogP contribution >= 0.6 is 0 Å². The Labute approximate surface area is 115 Å². The first kappa shape index (κ1) is 15.6. The lowest BCUT2D eigenvalue weighted by Crippen LogP contribution is -2.11. The lowest BCUT2D eigenvalue weighted by molar-refractivity contribution is 0.0551. The summed E-state index contributed by atoms with van der Waals surface area (Å²) in [6.07, 6.45) is 0.734. The summed E-state index contributed by atoms with van der Waals surface area (Å²) < 4.78 is 11.1. The molecule has 1 rings (SSSR count). The molecule has 0 aromatic heterocycles. The molecule has 0 unspecified atom stereocenters. The van der Waals surface area contributed by atoms with Gasteiger partial charge in [0.05, 0.1) is 19.3 Å². The number of benzene rings is 1. The highest BCUT2D eigenvalue weighted by atomic mass is 16.5. The Kier molecular flexibility index (Phi) is 7.02. The third-order valence-corrected chi connectivity index (χ3v) is 2.44. The summed E-state index contributed by atoms with van der Waals surface area (Å²) in [5, 5.41) is 8.67. The smallest absolute Gasteiger partial charge is 0.122 e. The molecule has 1 aromatic rings. The highest BCUT2D eigenvalue weighted by molar-refractivity contribution is 5.43. The van der Waals surface area contributed by atoms with E-state index >= 15 is 0 Å². The molecule has 0 amide bonds. The second-order valence-electron chi connectivity index (χ2n) is 4.52. The van der Waals surface area contributed by atoms with Gasteiger partial charge in [0.1, 0.15) is 12.4 Å². The summed E-state index contributed by atoms with van der Waals surface area (Å²) in [4.78, 5) is 0. The van der Waals surface area contributed by atoms with Gasteiger partial charge in [0, 0.05) is 12.0 Å². The quantitative estimate of drug-likeness (QED) is 0.632. The van der Waals surface area contributed by atoms with E-state index < -0.39 is 0 Å². The molecule has 0 bridgehead atoms. The Morgan fingerprint density at radius 2 is 2.05 bits per heavy atom. The van der Waals surface area contributed by atoms with Crippen molar-refractivity contribution in [2.45, 2.75) is 33.3 Å². The number of rotatable bonds is 6. The maximum Gasteiger partial charge on any atom is 0.122 e. The number of aliphatic hydroxyl groups is 1. The predicted octanol–water partition coefficient (Wildman–Crippen LogP) is 2.53. The molecule has 0 saturated carbocycles. The lowest BCUT2D eigenvalue weighted by Gasteiger charge is -2.11. The molecule has 0 saturated heterocycles. The highest BCUT2D eigenvalue weighted by Gasteiger charge is 2.00. The van der Waals surface area contributed by atoms with E-state index in [2.05, 4.69) is 11.8 Å². The zero-order chi connectivity index (χ0) is 14.1. The second-order valence-corrected chi connectivity index (χ2v) is 4.52. The van der Waals surface area contributed by atoms with Crippen molar-refractivity contribution in [3.8, 4) is 17.6 Å². The van der Waals surface area contributed by atoms with Crippen LogP contribution in [0, 0.1) is 18.8 Å². The van der Waals surface area contributed by atoms with Crippen LogP contribution in [0.4, 0.5) is 0 Å². The number of hydrogen-bond acceptors (Lipinski definition) is 3. The molecule has 3 heteroatoms. The van der Waals surface area contributed by atoms with Gasteiger partial charge in [0.15, 0.2) is 0 Å². The first-order chi connectivity index (χ1) is 9.13. The molecule has 0 fully saturated rings. The van der Waals surface area contributed by atoms with Gasteiger partial charge in [-0.1, -0.05) is 11.8 Å². The molecule has 1 N–H and O–H groups in total. The zero-order valence-electron chi connectivity index (χ0n) is 11.9. The van der Waals surface area contributed by atoms with E-state index in [0.717, 1.165) is 16.9 Å². The van der Waals surface area contributed by atoms with Crippen molar-refractivity contribution in [2.75, 3.05) is 19.8 Å². The van der Waals surface area contributed by atoms with Crippen LogP contribution in [0.25, 0.3) is 0 Å². The van der Waals surface area contributed by atoms with Crippen molar-refractivity contribution >= 4 is 0 Å². The van der Waals surface area contributed by atoms with Gasteiger partial charge in [-0.15, -0.1) is 0 Å². The van der Waals surface area contributed by atoms with Gasteiger partial charge in [-0.05, 0) is 44.5 Å². The molecule has 0 heterocycles. The molecule has 104 valence electrons. The first-order valence-electron chi connectivity index (χ1n) is 6.58. The molecule has 0 radical (unpaired) electrons. The standard InChI is InChI=1S/C16H22O3/c1-13(2)18-10-11-19-16-8-7-15(12-14(16)3)6-4-5-9-17/h7-8,12-13,17H,5,9-11H2,1-3H3. The summed E-state index contributed by atoms with van der Waals surface area (Å²) >= 11 is 0. The molecule has 1 aromatic carbocycles. The normalized spacial score (nSPS) is 10.2. The summed E-state index contributed by atoms with van der Waals surface area (Å²) in [5.74, 6) is 6.77. The molecule has 19 heavy (non-hydrogen) atoms. The van der Waals surface area contributed by atoms with Crippen LogP contribution in [0.5, 0.6) is 5.75 Å². The number of aryl methyl sites for hydroxylation is 1. The summed E-state index contributed by atoms with van der Waals surface area (Å²) in [6, 6.07) is 5.84. The van der Waals surface area contributed by atoms with Crippen LogP contribution in [-0.4, -0.2) is 31.0 Å². The topological polar surface area (TPSA) is 38.7 Å².